The van der Waals surface area contributed by atoms with E-state index in [1.165, 1.54) is 24.3 Å². The summed E-state index contributed by atoms with van der Waals surface area (Å²) in [5.41, 5.74) is 0.284. The SMILES string of the molecule is O=C(NCc1ccccc1F)c1cccc(O)c1O. The Kier molecular flexibility index (Phi) is 3.66. The molecule has 3 N–H and O–H groups in total. The van der Waals surface area contributed by atoms with E-state index in [2.05, 4.69) is 5.32 Å². The third kappa shape index (κ3) is 2.82. The molecule has 0 aliphatic heterocycles. The molecular formula is C14H12FNO3. The van der Waals surface area contributed by atoms with Crippen molar-refractivity contribution in [2.24, 2.45) is 0 Å². The summed E-state index contributed by atoms with van der Waals surface area (Å²) < 4.78 is 13.3. The minimum absolute atomic E-state index is 0.000598. The molecule has 1 amide bonds. The molecule has 0 aliphatic rings. The summed E-state index contributed by atoms with van der Waals surface area (Å²) >= 11 is 0. The van der Waals surface area contributed by atoms with Crippen molar-refractivity contribution in [1.82, 2.24) is 5.32 Å². The van der Waals surface area contributed by atoms with E-state index in [-0.39, 0.29) is 17.9 Å². The number of hydrogen-bond acceptors (Lipinski definition) is 3. The maximum Gasteiger partial charge on any atom is 0.255 e. The minimum Gasteiger partial charge on any atom is -0.504 e. The van der Waals surface area contributed by atoms with Crippen LogP contribution in [0.25, 0.3) is 0 Å². The van der Waals surface area contributed by atoms with Crippen molar-refractivity contribution in [3.8, 4) is 11.5 Å². The zero-order valence-electron chi connectivity index (χ0n) is 9.93. The van der Waals surface area contributed by atoms with Crippen molar-refractivity contribution in [2.45, 2.75) is 6.54 Å². The van der Waals surface area contributed by atoms with Crippen LogP contribution < -0.4 is 5.32 Å². The van der Waals surface area contributed by atoms with Gasteiger partial charge in [-0.05, 0) is 18.2 Å². The minimum atomic E-state index is -0.586. The van der Waals surface area contributed by atoms with E-state index in [1.807, 2.05) is 0 Å². The monoisotopic (exact) mass is 261 g/mol. The maximum atomic E-state index is 13.3. The second-order valence-electron chi connectivity index (χ2n) is 3.95. The second kappa shape index (κ2) is 5.39. The van der Waals surface area contributed by atoms with Gasteiger partial charge in [-0.15, -0.1) is 0 Å². The largest absolute Gasteiger partial charge is 0.504 e. The van der Waals surface area contributed by atoms with Gasteiger partial charge in [-0.1, -0.05) is 24.3 Å². The molecule has 0 bridgehead atoms. The summed E-state index contributed by atoms with van der Waals surface area (Å²) in [6.07, 6.45) is 0. The molecule has 2 aromatic rings. The van der Waals surface area contributed by atoms with Crippen molar-refractivity contribution in [3.63, 3.8) is 0 Å². The van der Waals surface area contributed by atoms with Crippen LogP contribution in [0.1, 0.15) is 15.9 Å². The highest BCUT2D eigenvalue weighted by Gasteiger charge is 2.13. The van der Waals surface area contributed by atoms with Crippen LogP contribution in [0.4, 0.5) is 4.39 Å². The molecule has 0 atom stereocenters. The molecule has 0 aliphatic carbocycles. The Hall–Kier alpha value is -2.56. The van der Waals surface area contributed by atoms with Crippen molar-refractivity contribution >= 4 is 5.91 Å². The van der Waals surface area contributed by atoms with Gasteiger partial charge in [0.15, 0.2) is 11.5 Å². The summed E-state index contributed by atoms with van der Waals surface area (Å²) in [5, 5.41) is 21.3. The van der Waals surface area contributed by atoms with Crippen LogP contribution >= 0.6 is 0 Å². The molecule has 0 saturated heterocycles. The molecule has 0 heterocycles. The lowest BCUT2D eigenvalue weighted by Crippen LogP contribution is -2.23. The Labute approximate surface area is 109 Å². The number of benzene rings is 2. The Morgan fingerprint density at radius 3 is 2.58 bits per heavy atom. The number of phenols is 2. The van der Waals surface area contributed by atoms with Gasteiger partial charge in [-0.25, -0.2) is 4.39 Å². The summed E-state index contributed by atoms with van der Waals surface area (Å²) in [6.45, 7) is 0.000598. The molecule has 0 unspecified atom stereocenters. The first-order valence-corrected chi connectivity index (χ1v) is 5.62. The van der Waals surface area contributed by atoms with Gasteiger partial charge >= 0.3 is 0 Å². The molecule has 5 heteroatoms. The second-order valence-corrected chi connectivity index (χ2v) is 3.95. The number of amides is 1. The summed E-state index contributed by atoms with van der Waals surface area (Å²) in [5.74, 6) is -1.87. The van der Waals surface area contributed by atoms with E-state index in [1.54, 1.807) is 18.2 Å². The van der Waals surface area contributed by atoms with E-state index >= 15 is 0 Å². The van der Waals surface area contributed by atoms with Gasteiger partial charge in [0.25, 0.3) is 5.91 Å². The molecule has 0 fully saturated rings. The number of carbonyl (C=O) groups excluding carboxylic acids is 1. The van der Waals surface area contributed by atoms with Crippen LogP contribution in [0.3, 0.4) is 0 Å². The van der Waals surface area contributed by atoms with Crippen molar-refractivity contribution in [3.05, 3.63) is 59.4 Å². The standard InChI is InChI=1S/C14H12FNO3/c15-11-6-2-1-4-9(11)8-16-14(19)10-5-3-7-12(17)13(10)18/h1-7,17-18H,8H2,(H,16,19). The molecule has 0 radical (unpaired) electrons. The lowest BCUT2D eigenvalue weighted by molar-refractivity contribution is 0.0947. The first-order valence-electron chi connectivity index (χ1n) is 5.62. The Morgan fingerprint density at radius 2 is 1.84 bits per heavy atom. The first-order chi connectivity index (χ1) is 9.09. The third-order valence-electron chi connectivity index (χ3n) is 2.66. The number of aromatic hydroxyl groups is 2. The van der Waals surface area contributed by atoms with Crippen LogP contribution in [0.2, 0.25) is 0 Å². The van der Waals surface area contributed by atoms with Gasteiger partial charge in [0.05, 0.1) is 5.56 Å². The predicted octanol–water partition coefficient (Wildman–Crippen LogP) is 2.17. The van der Waals surface area contributed by atoms with Gasteiger partial charge in [-0.3, -0.25) is 4.79 Å². The lowest BCUT2D eigenvalue weighted by Gasteiger charge is -2.08. The van der Waals surface area contributed by atoms with E-state index in [0.717, 1.165) is 0 Å². The summed E-state index contributed by atoms with van der Waals surface area (Å²) in [7, 11) is 0. The van der Waals surface area contributed by atoms with E-state index in [4.69, 9.17) is 0 Å². The molecule has 2 aromatic carbocycles. The number of rotatable bonds is 3. The van der Waals surface area contributed by atoms with Crippen molar-refractivity contribution < 1.29 is 19.4 Å². The number of hydrogen-bond donors (Lipinski definition) is 3. The normalized spacial score (nSPS) is 10.2. The Morgan fingerprint density at radius 1 is 1.11 bits per heavy atom. The molecule has 4 nitrogen and oxygen atoms in total. The van der Waals surface area contributed by atoms with Crippen LogP contribution in [-0.2, 0) is 6.54 Å². The molecule has 98 valence electrons. The topological polar surface area (TPSA) is 69.6 Å². The molecule has 19 heavy (non-hydrogen) atoms. The van der Waals surface area contributed by atoms with E-state index in [0.29, 0.717) is 5.56 Å². The number of para-hydroxylation sites is 1. The van der Waals surface area contributed by atoms with Crippen LogP contribution in [-0.4, -0.2) is 16.1 Å². The maximum absolute atomic E-state index is 13.3. The summed E-state index contributed by atoms with van der Waals surface area (Å²) in [6, 6.07) is 10.1. The first kappa shape index (κ1) is 12.9. The highest BCUT2D eigenvalue weighted by Crippen LogP contribution is 2.27. The smallest absolute Gasteiger partial charge is 0.255 e. The van der Waals surface area contributed by atoms with E-state index < -0.39 is 17.5 Å². The fourth-order valence-electron chi connectivity index (χ4n) is 1.63. The fraction of sp³-hybridized carbons (Fsp3) is 0.0714. The van der Waals surface area contributed by atoms with Crippen molar-refractivity contribution in [1.29, 1.82) is 0 Å². The van der Waals surface area contributed by atoms with Gasteiger partial charge in [0, 0.05) is 12.1 Å². The number of phenolic OH excluding ortho intramolecular Hbond substituents is 2. The average molecular weight is 261 g/mol. The molecule has 0 aromatic heterocycles. The van der Waals surface area contributed by atoms with E-state index in [9.17, 15) is 19.4 Å². The number of halogens is 1. The highest BCUT2D eigenvalue weighted by atomic mass is 19.1. The number of carbonyl (C=O) groups is 1. The van der Waals surface area contributed by atoms with Gasteiger partial charge in [-0.2, -0.15) is 0 Å². The molecule has 0 saturated carbocycles. The predicted molar refractivity (Wildman–Crippen MR) is 67.3 cm³/mol. The Bertz CT molecular complexity index is 613. The summed E-state index contributed by atoms with van der Waals surface area (Å²) in [4.78, 5) is 11.8. The van der Waals surface area contributed by atoms with Crippen LogP contribution in [0, 0.1) is 5.82 Å². The van der Waals surface area contributed by atoms with Crippen LogP contribution in [0.5, 0.6) is 11.5 Å². The average Bonchev–Trinajstić information content (AvgIpc) is 2.40. The van der Waals surface area contributed by atoms with Gasteiger partial charge < -0.3 is 15.5 Å². The van der Waals surface area contributed by atoms with Crippen LogP contribution in [0.15, 0.2) is 42.5 Å². The van der Waals surface area contributed by atoms with Gasteiger partial charge in [0.2, 0.25) is 0 Å². The zero-order valence-corrected chi connectivity index (χ0v) is 9.93. The van der Waals surface area contributed by atoms with Crippen molar-refractivity contribution in [2.75, 3.05) is 0 Å². The quantitative estimate of drug-likeness (QED) is 0.741. The highest BCUT2D eigenvalue weighted by molar-refractivity contribution is 5.97. The zero-order chi connectivity index (χ0) is 13.8. The Balaban J connectivity index is 2.10. The molecule has 0 spiro atoms. The lowest BCUT2D eigenvalue weighted by atomic mass is 10.1. The molecular weight excluding hydrogens is 249 g/mol. The fourth-order valence-corrected chi connectivity index (χ4v) is 1.63. The molecule has 2 rings (SSSR count). The number of nitrogens with one attached hydrogen (secondary N) is 1. The third-order valence-corrected chi connectivity index (χ3v) is 2.66. The van der Waals surface area contributed by atoms with Gasteiger partial charge in [0.1, 0.15) is 5.82 Å².